The van der Waals surface area contributed by atoms with Gasteiger partial charge in [-0.05, 0) is 57.5 Å². The standard InChI is InChI=1S/C15H23FN2O2S/c1-11-10-13(16)7-8-15(11)21(19,20)18-9-5-4-6-14(18)12(2)17-3/h7-8,10,12,14,17H,4-6,9H2,1-3H3. The van der Waals surface area contributed by atoms with Crippen LogP contribution in [-0.2, 0) is 10.0 Å². The Bertz CT molecular complexity index is 604. The molecule has 6 heteroatoms. The minimum Gasteiger partial charge on any atom is -0.316 e. The number of benzene rings is 1. The van der Waals surface area contributed by atoms with Crippen LogP contribution in [0, 0.1) is 12.7 Å². The molecule has 1 aromatic carbocycles. The molecule has 0 bridgehead atoms. The van der Waals surface area contributed by atoms with E-state index in [1.165, 1.54) is 18.2 Å². The van der Waals surface area contributed by atoms with Crippen LogP contribution in [0.2, 0.25) is 0 Å². The Labute approximate surface area is 126 Å². The van der Waals surface area contributed by atoms with E-state index in [1.54, 1.807) is 11.2 Å². The van der Waals surface area contributed by atoms with Crippen molar-refractivity contribution in [3.8, 4) is 0 Å². The Morgan fingerprint density at radius 1 is 1.38 bits per heavy atom. The normalized spacial score (nSPS) is 22.2. The summed E-state index contributed by atoms with van der Waals surface area (Å²) in [4.78, 5) is 0.208. The molecule has 0 aromatic heterocycles. The Kier molecular flexibility index (Phi) is 5.01. The van der Waals surface area contributed by atoms with Crippen LogP contribution in [-0.4, -0.2) is 38.4 Å². The molecule has 118 valence electrons. The SMILES string of the molecule is CNC(C)C1CCCCN1S(=O)(=O)c1ccc(F)cc1C. The largest absolute Gasteiger partial charge is 0.316 e. The van der Waals surface area contributed by atoms with Crippen LogP contribution in [0.25, 0.3) is 0 Å². The van der Waals surface area contributed by atoms with Gasteiger partial charge in [0.25, 0.3) is 0 Å². The van der Waals surface area contributed by atoms with E-state index in [9.17, 15) is 12.8 Å². The van der Waals surface area contributed by atoms with E-state index in [-0.39, 0.29) is 17.0 Å². The van der Waals surface area contributed by atoms with Crippen LogP contribution >= 0.6 is 0 Å². The lowest BCUT2D eigenvalue weighted by Gasteiger charge is -2.38. The number of nitrogens with zero attached hydrogens (tertiary/aromatic N) is 1. The molecule has 0 spiro atoms. The van der Waals surface area contributed by atoms with Gasteiger partial charge in [0.15, 0.2) is 0 Å². The third kappa shape index (κ3) is 3.27. The average Bonchev–Trinajstić information content (AvgIpc) is 2.46. The summed E-state index contributed by atoms with van der Waals surface area (Å²) in [6.45, 7) is 4.16. The van der Waals surface area contributed by atoms with E-state index in [2.05, 4.69) is 5.32 Å². The Morgan fingerprint density at radius 3 is 2.71 bits per heavy atom. The molecule has 1 heterocycles. The van der Waals surface area contributed by atoms with Crippen molar-refractivity contribution in [1.29, 1.82) is 0 Å². The molecule has 2 rings (SSSR count). The van der Waals surface area contributed by atoms with Crippen LogP contribution in [0.5, 0.6) is 0 Å². The van der Waals surface area contributed by atoms with E-state index in [4.69, 9.17) is 0 Å². The second kappa shape index (κ2) is 6.42. The van der Waals surface area contributed by atoms with Crippen LogP contribution in [0.3, 0.4) is 0 Å². The van der Waals surface area contributed by atoms with Crippen molar-refractivity contribution in [1.82, 2.24) is 9.62 Å². The summed E-state index contributed by atoms with van der Waals surface area (Å²) in [7, 11) is -1.75. The fourth-order valence-electron chi connectivity index (χ4n) is 2.95. The van der Waals surface area contributed by atoms with Crippen LogP contribution < -0.4 is 5.32 Å². The first kappa shape index (κ1) is 16.4. The molecule has 1 fully saturated rings. The highest BCUT2D eigenvalue weighted by atomic mass is 32.2. The van der Waals surface area contributed by atoms with Gasteiger partial charge in [0.1, 0.15) is 5.82 Å². The Morgan fingerprint density at radius 2 is 2.10 bits per heavy atom. The maximum absolute atomic E-state index is 13.2. The molecule has 1 aliphatic rings. The van der Waals surface area contributed by atoms with Gasteiger partial charge in [0.2, 0.25) is 10.0 Å². The highest BCUT2D eigenvalue weighted by molar-refractivity contribution is 7.89. The predicted molar refractivity (Wildman–Crippen MR) is 81.2 cm³/mol. The topological polar surface area (TPSA) is 49.4 Å². The summed E-state index contributed by atoms with van der Waals surface area (Å²) < 4.78 is 40.7. The van der Waals surface area contributed by atoms with Gasteiger partial charge in [-0.25, -0.2) is 12.8 Å². The van der Waals surface area contributed by atoms with Gasteiger partial charge in [-0.3, -0.25) is 0 Å². The smallest absolute Gasteiger partial charge is 0.243 e. The summed E-state index contributed by atoms with van der Waals surface area (Å²) in [6.07, 6.45) is 2.75. The first-order valence-corrected chi connectivity index (χ1v) is 8.77. The average molecular weight is 314 g/mol. The summed E-state index contributed by atoms with van der Waals surface area (Å²) in [5.41, 5.74) is 0.455. The fraction of sp³-hybridized carbons (Fsp3) is 0.600. The minimum atomic E-state index is -3.59. The minimum absolute atomic E-state index is 0.0572. The number of piperidine rings is 1. The molecule has 0 radical (unpaired) electrons. The molecule has 1 aromatic rings. The molecule has 1 aliphatic heterocycles. The maximum atomic E-state index is 13.2. The van der Waals surface area contributed by atoms with E-state index < -0.39 is 15.8 Å². The van der Waals surface area contributed by atoms with Crippen LogP contribution in [0.15, 0.2) is 23.1 Å². The molecule has 21 heavy (non-hydrogen) atoms. The molecule has 0 amide bonds. The zero-order valence-electron chi connectivity index (χ0n) is 12.8. The molecule has 2 atom stereocenters. The van der Waals surface area contributed by atoms with E-state index >= 15 is 0 Å². The van der Waals surface area contributed by atoms with Gasteiger partial charge in [0, 0.05) is 18.6 Å². The highest BCUT2D eigenvalue weighted by Crippen LogP contribution is 2.28. The zero-order chi connectivity index (χ0) is 15.6. The van der Waals surface area contributed by atoms with Gasteiger partial charge < -0.3 is 5.32 Å². The van der Waals surface area contributed by atoms with Gasteiger partial charge in [-0.1, -0.05) is 6.42 Å². The maximum Gasteiger partial charge on any atom is 0.243 e. The molecule has 2 unspecified atom stereocenters. The lowest BCUT2D eigenvalue weighted by Crippen LogP contribution is -2.52. The summed E-state index contributed by atoms with van der Waals surface area (Å²) in [5.74, 6) is -0.412. The number of halogens is 1. The van der Waals surface area contributed by atoms with Crippen LogP contribution in [0.4, 0.5) is 4.39 Å². The van der Waals surface area contributed by atoms with Crippen molar-refractivity contribution in [2.24, 2.45) is 0 Å². The molecular formula is C15H23FN2O2S. The summed E-state index contributed by atoms with van der Waals surface area (Å²) in [6, 6.07) is 3.88. The van der Waals surface area contributed by atoms with E-state index in [1.807, 2.05) is 14.0 Å². The number of nitrogens with one attached hydrogen (secondary N) is 1. The molecule has 4 nitrogen and oxygen atoms in total. The third-order valence-corrected chi connectivity index (χ3v) is 6.34. The summed E-state index contributed by atoms with van der Waals surface area (Å²) in [5, 5.41) is 3.15. The molecular weight excluding hydrogens is 291 g/mol. The van der Waals surface area contributed by atoms with Crippen molar-refractivity contribution >= 4 is 10.0 Å². The second-order valence-corrected chi connectivity index (χ2v) is 7.53. The van der Waals surface area contributed by atoms with Crippen molar-refractivity contribution in [3.63, 3.8) is 0 Å². The predicted octanol–water partition coefficient (Wildman–Crippen LogP) is 2.29. The fourth-order valence-corrected chi connectivity index (χ4v) is 4.92. The zero-order valence-corrected chi connectivity index (χ0v) is 13.6. The quantitative estimate of drug-likeness (QED) is 0.927. The van der Waals surface area contributed by atoms with Crippen LogP contribution in [0.1, 0.15) is 31.7 Å². The van der Waals surface area contributed by atoms with Gasteiger partial charge in [-0.15, -0.1) is 0 Å². The number of aryl methyl sites for hydroxylation is 1. The molecule has 0 aliphatic carbocycles. The lowest BCUT2D eigenvalue weighted by atomic mass is 9.99. The van der Waals surface area contributed by atoms with Gasteiger partial charge in [-0.2, -0.15) is 4.31 Å². The number of hydrogen-bond donors (Lipinski definition) is 1. The number of sulfonamides is 1. The number of likely N-dealkylation sites (N-methyl/N-ethyl adjacent to an activating group) is 1. The van der Waals surface area contributed by atoms with E-state index in [0.717, 1.165) is 19.3 Å². The Hall–Kier alpha value is -0.980. The lowest BCUT2D eigenvalue weighted by molar-refractivity contribution is 0.213. The molecule has 0 saturated carbocycles. The Balaban J connectivity index is 2.40. The van der Waals surface area contributed by atoms with Gasteiger partial charge >= 0.3 is 0 Å². The van der Waals surface area contributed by atoms with E-state index in [0.29, 0.717) is 12.1 Å². The number of hydrogen-bond acceptors (Lipinski definition) is 3. The van der Waals surface area contributed by atoms with Crippen molar-refractivity contribution in [2.45, 2.75) is 50.1 Å². The number of rotatable bonds is 4. The monoisotopic (exact) mass is 314 g/mol. The molecule has 1 saturated heterocycles. The van der Waals surface area contributed by atoms with Crippen molar-refractivity contribution in [2.75, 3.05) is 13.6 Å². The highest BCUT2D eigenvalue weighted by Gasteiger charge is 2.36. The third-order valence-electron chi connectivity index (χ3n) is 4.25. The first-order valence-electron chi connectivity index (χ1n) is 7.33. The van der Waals surface area contributed by atoms with Crippen molar-refractivity contribution in [3.05, 3.63) is 29.6 Å². The summed E-state index contributed by atoms with van der Waals surface area (Å²) >= 11 is 0. The molecule has 1 N–H and O–H groups in total. The first-order chi connectivity index (χ1) is 9.87. The second-order valence-electron chi connectivity index (χ2n) is 5.67. The van der Waals surface area contributed by atoms with Gasteiger partial charge in [0.05, 0.1) is 4.90 Å². The van der Waals surface area contributed by atoms with Crippen molar-refractivity contribution < 1.29 is 12.8 Å².